The van der Waals surface area contributed by atoms with Gasteiger partial charge in [0.25, 0.3) is 0 Å². The number of halogens is 1. The largest absolute Gasteiger partial charge is 0.376 e. The lowest BCUT2D eigenvalue weighted by molar-refractivity contribution is 0.0169. The zero-order valence-electron chi connectivity index (χ0n) is 20.7. The molecule has 3 fully saturated rings. The Balaban J connectivity index is 0.00000306. The Hall–Kier alpha value is -0.900. The summed E-state index contributed by atoms with van der Waals surface area (Å²) >= 11 is 0. The van der Waals surface area contributed by atoms with E-state index in [0.29, 0.717) is 12.5 Å². The molecule has 3 aliphatic rings. The number of nitrogens with one attached hydrogen (secondary N) is 1. The van der Waals surface area contributed by atoms with Gasteiger partial charge in [-0.1, -0.05) is 36.8 Å². The highest BCUT2D eigenvalue weighted by Gasteiger charge is 2.40. The van der Waals surface area contributed by atoms with Crippen LogP contribution in [-0.2, 0) is 11.3 Å². The van der Waals surface area contributed by atoms with E-state index in [4.69, 9.17) is 4.74 Å². The van der Waals surface area contributed by atoms with E-state index in [9.17, 15) is 0 Å². The standard InChI is InChI=1S/C26H43N5O.HI/c1-27-25(30-16-11-24(19-30)21-32-20-23-9-5-3-6-10-23)28-22-26(12-17-29(2)18-13-26)31-14-7-4-8-15-31;/h3,5-6,9-10,24H,4,7-8,11-22H2,1-2H3,(H,27,28);1H. The highest BCUT2D eigenvalue weighted by Crippen LogP contribution is 2.31. The van der Waals surface area contributed by atoms with Crippen molar-refractivity contribution in [3.8, 4) is 0 Å². The van der Waals surface area contributed by atoms with Gasteiger partial charge in [-0.25, -0.2) is 0 Å². The van der Waals surface area contributed by atoms with Crippen molar-refractivity contribution < 1.29 is 4.74 Å². The number of guanidine groups is 1. The molecule has 1 aromatic carbocycles. The van der Waals surface area contributed by atoms with Crippen LogP contribution in [0.3, 0.4) is 0 Å². The number of rotatable bonds is 7. The number of piperidine rings is 2. The second kappa shape index (κ2) is 13.3. The van der Waals surface area contributed by atoms with E-state index < -0.39 is 0 Å². The van der Waals surface area contributed by atoms with Gasteiger partial charge in [0.1, 0.15) is 0 Å². The van der Waals surface area contributed by atoms with Gasteiger partial charge in [-0.05, 0) is 70.9 Å². The van der Waals surface area contributed by atoms with Crippen LogP contribution in [-0.4, -0.2) is 92.7 Å². The van der Waals surface area contributed by atoms with E-state index in [0.717, 1.165) is 32.2 Å². The third-order valence-corrected chi connectivity index (χ3v) is 7.78. The lowest BCUT2D eigenvalue weighted by Crippen LogP contribution is -2.62. The maximum absolute atomic E-state index is 6.03. The molecule has 0 spiro atoms. The van der Waals surface area contributed by atoms with Crippen molar-refractivity contribution in [1.29, 1.82) is 0 Å². The van der Waals surface area contributed by atoms with Crippen LogP contribution in [0.4, 0.5) is 0 Å². The normalized spacial score (nSPS) is 24.5. The summed E-state index contributed by atoms with van der Waals surface area (Å²) < 4.78 is 6.03. The Bertz CT molecular complexity index is 717. The zero-order chi connectivity index (χ0) is 22.2. The summed E-state index contributed by atoms with van der Waals surface area (Å²) in [5, 5.41) is 3.81. The summed E-state index contributed by atoms with van der Waals surface area (Å²) in [6, 6.07) is 10.5. The van der Waals surface area contributed by atoms with E-state index in [-0.39, 0.29) is 29.5 Å². The van der Waals surface area contributed by atoms with E-state index in [1.165, 1.54) is 70.3 Å². The molecule has 33 heavy (non-hydrogen) atoms. The molecule has 0 amide bonds. The first-order valence-electron chi connectivity index (χ1n) is 12.7. The second-order valence-electron chi connectivity index (χ2n) is 10.1. The predicted molar refractivity (Wildman–Crippen MR) is 147 cm³/mol. The molecule has 3 aliphatic heterocycles. The number of benzene rings is 1. The SMILES string of the molecule is CN=C(NCC1(N2CCCCC2)CCN(C)CC1)N1CCC(COCc2ccccc2)C1.I. The Labute approximate surface area is 218 Å². The maximum Gasteiger partial charge on any atom is 0.193 e. The molecule has 1 aromatic rings. The van der Waals surface area contributed by atoms with Crippen LogP contribution in [0.2, 0.25) is 0 Å². The lowest BCUT2D eigenvalue weighted by atomic mass is 9.84. The number of nitrogens with zero attached hydrogens (tertiary/aromatic N) is 4. The average Bonchev–Trinajstić information content (AvgIpc) is 3.31. The second-order valence-corrected chi connectivity index (χ2v) is 10.1. The molecule has 1 atom stereocenters. The summed E-state index contributed by atoms with van der Waals surface area (Å²) in [5.74, 6) is 1.66. The molecular formula is C26H44IN5O. The van der Waals surface area contributed by atoms with Crippen molar-refractivity contribution in [3.05, 3.63) is 35.9 Å². The Morgan fingerprint density at radius 2 is 1.79 bits per heavy atom. The van der Waals surface area contributed by atoms with Gasteiger partial charge in [0.15, 0.2) is 5.96 Å². The Morgan fingerprint density at radius 1 is 1.06 bits per heavy atom. The van der Waals surface area contributed by atoms with Crippen molar-refractivity contribution in [1.82, 2.24) is 20.0 Å². The smallest absolute Gasteiger partial charge is 0.193 e. The van der Waals surface area contributed by atoms with Crippen molar-refractivity contribution >= 4 is 29.9 Å². The van der Waals surface area contributed by atoms with Crippen molar-refractivity contribution in [3.63, 3.8) is 0 Å². The molecule has 4 rings (SSSR count). The van der Waals surface area contributed by atoms with Crippen molar-refractivity contribution in [2.75, 3.05) is 66.5 Å². The first-order valence-corrected chi connectivity index (χ1v) is 12.7. The summed E-state index contributed by atoms with van der Waals surface area (Å²) in [7, 11) is 4.19. The first kappa shape index (κ1) is 26.7. The van der Waals surface area contributed by atoms with Gasteiger partial charge in [-0.3, -0.25) is 9.89 Å². The molecule has 0 aromatic heterocycles. The number of aliphatic imine (C=N–C) groups is 1. The van der Waals surface area contributed by atoms with E-state index in [1.54, 1.807) is 0 Å². The first-order chi connectivity index (χ1) is 15.7. The van der Waals surface area contributed by atoms with Crippen LogP contribution in [0.1, 0.15) is 44.1 Å². The fourth-order valence-electron chi connectivity index (χ4n) is 5.66. The predicted octanol–water partition coefficient (Wildman–Crippen LogP) is 3.67. The van der Waals surface area contributed by atoms with Gasteiger partial charge >= 0.3 is 0 Å². The third kappa shape index (κ3) is 7.29. The van der Waals surface area contributed by atoms with Gasteiger partial charge in [0.05, 0.1) is 13.2 Å². The molecule has 0 bridgehead atoms. The number of hydrogen-bond donors (Lipinski definition) is 1. The molecule has 6 nitrogen and oxygen atoms in total. The monoisotopic (exact) mass is 569 g/mol. The molecule has 7 heteroatoms. The molecule has 186 valence electrons. The fraction of sp³-hybridized carbons (Fsp3) is 0.731. The fourth-order valence-corrected chi connectivity index (χ4v) is 5.66. The molecule has 0 saturated carbocycles. The molecule has 0 aliphatic carbocycles. The minimum absolute atomic E-state index is 0. The van der Waals surface area contributed by atoms with Crippen LogP contribution in [0.5, 0.6) is 0 Å². The van der Waals surface area contributed by atoms with Crippen molar-refractivity contribution in [2.24, 2.45) is 10.9 Å². The Morgan fingerprint density at radius 3 is 2.48 bits per heavy atom. The van der Waals surface area contributed by atoms with E-state index >= 15 is 0 Å². The summed E-state index contributed by atoms with van der Waals surface area (Å²) in [6.45, 7) is 9.56. The highest BCUT2D eigenvalue weighted by atomic mass is 127. The van der Waals surface area contributed by atoms with Gasteiger partial charge < -0.3 is 19.9 Å². The topological polar surface area (TPSA) is 43.3 Å². The van der Waals surface area contributed by atoms with Gasteiger partial charge in [-0.15, -0.1) is 24.0 Å². The minimum Gasteiger partial charge on any atom is -0.376 e. The molecule has 3 saturated heterocycles. The number of hydrogen-bond acceptors (Lipinski definition) is 4. The summed E-state index contributed by atoms with van der Waals surface area (Å²) in [6.07, 6.45) is 7.78. The zero-order valence-corrected chi connectivity index (χ0v) is 23.0. The lowest BCUT2D eigenvalue weighted by Gasteiger charge is -2.50. The summed E-state index contributed by atoms with van der Waals surface area (Å²) in [5.41, 5.74) is 1.53. The number of ether oxygens (including phenoxy) is 1. The molecular weight excluding hydrogens is 525 g/mol. The van der Waals surface area contributed by atoms with Crippen LogP contribution in [0, 0.1) is 5.92 Å². The van der Waals surface area contributed by atoms with Gasteiger partial charge in [0.2, 0.25) is 0 Å². The maximum atomic E-state index is 6.03. The van der Waals surface area contributed by atoms with Crippen LogP contribution in [0.25, 0.3) is 0 Å². The summed E-state index contributed by atoms with van der Waals surface area (Å²) in [4.78, 5) is 12.4. The van der Waals surface area contributed by atoms with Crippen LogP contribution < -0.4 is 5.32 Å². The third-order valence-electron chi connectivity index (χ3n) is 7.78. The van der Waals surface area contributed by atoms with Crippen molar-refractivity contribution in [2.45, 2.75) is 50.7 Å². The molecule has 1 unspecified atom stereocenters. The molecule has 3 heterocycles. The van der Waals surface area contributed by atoms with Crippen LogP contribution >= 0.6 is 24.0 Å². The van der Waals surface area contributed by atoms with Gasteiger partial charge in [0, 0.05) is 38.1 Å². The van der Waals surface area contributed by atoms with E-state index in [2.05, 4.69) is 62.4 Å². The molecule has 0 radical (unpaired) electrons. The quantitative estimate of drug-likeness (QED) is 0.309. The number of likely N-dealkylation sites (tertiary alicyclic amines) is 3. The Kier molecular flexibility index (Phi) is 10.7. The molecule has 1 N–H and O–H groups in total. The van der Waals surface area contributed by atoms with Crippen LogP contribution in [0.15, 0.2) is 35.3 Å². The highest BCUT2D eigenvalue weighted by molar-refractivity contribution is 14.0. The van der Waals surface area contributed by atoms with E-state index in [1.807, 2.05) is 7.05 Å². The van der Waals surface area contributed by atoms with Gasteiger partial charge in [-0.2, -0.15) is 0 Å². The average molecular weight is 570 g/mol. The minimum atomic E-state index is 0.